The number of nitrogens with zero attached hydrogens (tertiary/aromatic N) is 1. The van der Waals surface area contributed by atoms with Crippen molar-refractivity contribution in [3.63, 3.8) is 0 Å². The highest BCUT2D eigenvalue weighted by molar-refractivity contribution is 5.99. The summed E-state index contributed by atoms with van der Waals surface area (Å²) in [5, 5.41) is 12.3. The lowest BCUT2D eigenvalue weighted by Gasteiger charge is -2.36. The third kappa shape index (κ3) is 3.11. The lowest BCUT2D eigenvalue weighted by Crippen LogP contribution is -2.50. The van der Waals surface area contributed by atoms with E-state index in [0.29, 0.717) is 18.7 Å². The number of anilines is 1. The maximum atomic E-state index is 12.6. The van der Waals surface area contributed by atoms with Crippen LogP contribution in [0.25, 0.3) is 0 Å². The zero-order valence-corrected chi connectivity index (χ0v) is 12.2. The van der Waals surface area contributed by atoms with Crippen LogP contribution in [0.2, 0.25) is 0 Å². The van der Waals surface area contributed by atoms with Gasteiger partial charge in [-0.1, -0.05) is 6.07 Å². The number of aliphatic hydroxyl groups excluding tert-OH is 1. The van der Waals surface area contributed by atoms with Crippen molar-refractivity contribution in [3.8, 4) is 0 Å². The predicted octanol–water partition coefficient (Wildman–Crippen LogP) is 1.26. The summed E-state index contributed by atoms with van der Waals surface area (Å²) < 4.78 is 5.57. The highest BCUT2D eigenvalue weighted by Gasteiger charge is 2.29. The van der Waals surface area contributed by atoms with Crippen LogP contribution < -0.4 is 5.32 Å². The van der Waals surface area contributed by atoms with Crippen molar-refractivity contribution in [1.82, 2.24) is 4.90 Å². The normalized spacial score (nSPS) is 22.7. The molecular formula is C15H22N2O3. The number of benzene rings is 1. The van der Waals surface area contributed by atoms with E-state index in [2.05, 4.69) is 5.32 Å². The third-order valence-electron chi connectivity index (χ3n) is 3.49. The van der Waals surface area contributed by atoms with Gasteiger partial charge in [0, 0.05) is 25.8 Å². The molecule has 2 rings (SSSR count). The molecule has 1 aromatic carbocycles. The van der Waals surface area contributed by atoms with E-state index in [9.17, 15) is 9.90 Å². The Bertz CT molecular complexity index is 490. The number of ether oxygens (including phenoxy) is 1. The molecule has 5 heteroatoms. The second kappa shape index (κ2) is 6.24. The highest BCUT2D eigenvalue weighted by Crippen LogP contribution is 2.21. The van der Waals surface area contributed by atoms with Crippen molar-refractivity contribution in [2.75, 3.05) is 32.1 Å². The summed E-state index contributed by atoms with van der Waals surface area (Å²) in [7, 11) is 1.81. The molecule has 0 radical (unpaired) electrons. The van der Waals surface area contributed by atoms with Crippen LogP contribution in [-0.4, -0.2) is 54.9 Å². The van der Waals surface area contributed by atoms with Gasteiger partial charge in [-0.25, -0.2) is 0 Å². The van der Waals surface area contributed by atoms with Crippen molar-refractivity contribution in [2.45, 2.75) is 26.1 Å². The summed E-state index contributed by atoms with van der Waals surface area (Å²) >= 11 is 0. The maximum absolute atomic E-state index is 12.6. The number of aryl methyl sites for hydroxylation is 1. The number of hydrogen-bond donors (Lipinski definition) is 2. The fourth-order valence-corrected chi connectivity index (χ4v) is 2.53. The molecule has 1 aliphatic heterocycles. The number of morpholine rings is 1. The van der Waals surface area contributed by atoms with Gasteiger partial charge in [0.1, 0.15) is 0 Å². The lowest BCUT2D eigenvalue weighted by molar-refractivity contribution is -0.0858. The Labute approximate surface area is 119 Å². The number of hydrogen-bond acceptors (Lipinski definition) is 4. The summed E-state index contributed by atoms with van der Waals surface area (Å²) in [4.78, 5) is 14.4. The molecule has 0 spiro atoms. The standard InChI is InChI=1S/C15H22N2O3/c1-10-4-5-13(14(6-10)16-3)15(19)17-7-11(2)20-12(8-17)9-18/h4-6,11-12,16,18H,7-9H2,1-3H3. The first-order valence-electron chi connectivity index (χ1n) is 6.89. The topological polar surface area (TPSA) is 61.8 Å². The van der Waals surface area contributed by atoms with Crippen molar-refractivity contribution in [2.24, 2.45) is 0 Å². The molecule has 1 aromatic rings. The largest absolute Gasteiger partial charge is 0.394 e. The average Bonchev–Trinajstić information content (AvgIpc) is 2.45. The molecule has 1 amide bonds. The van der Waals surface area contributed by atoms with Crippen LogP contribution in [0.3, 0.4) is 0 Å². The predicted molar refractivity (Wildman–Crippen MR) is 78.1 cm³/mol. The maximum Gasteiger partial charge on any atom is 0.256 e. The zero-order chi connectivity index (χ0) is 14.7. The summed E-state index contributed by atoms with van der Waals surface area (Å²) in [6.45, 7) is 4.81. The number of nitrogens with one attached hydrogen (secondary N) is 1. The van der Waals surface area contributed by atoms with Gasteiger partial charge in [0.15, 0.2) is 0 Å². The molecule has 2 atom stereocenters. The monoisotopic (exact) mass is 278 g/mol. The first kappa shape index (κ1) is 14.8. The Morgan fingerprint density at radius 1 is 1.50 bits per heavy atom. The molecule has 0 aliphatic carbocycles. The molecule has 1 heterocycles. The Morgan fingerprint density at radius 3 is 2.90 bits per heavy atom. The second-order valence-electron chi connectivity index (χ2n) is 5.26. The smallest absolute Gasteiger partial charge is 0.256 e. The Morgan fingerprint density at radius 2 is 2.25 bits per heavy atom. The van der Waals surface area contributed by atoms with Gasteiger partial charge in [0.2, 0.25) is 0 Å². The van der Waals surface area contributed by atoms with E-state index in [1.807, 2.05) is 39.1 Å². The summed E-state index contributed by atoms with van der Waals surface area (Å²) in [6.07, 6.45) is -0.362. The molecule has 20 heavy (non-hydrogen) atoms. The van der Waals surface area contributed by atoms with Crippen molar-refractivity contribution >= 4 is 11.6 Å². The van der Waals surface area contributed by atoms with Crippen LogP contribution in [0, 0.1) is 6.92 Å². The number of carbonyl (C=O) groups is 1. The minimum absolute atomic E-state index is 0.0250. The molecular weight excluding hydrogens is 256 g/mol. The molecule has 1 fully saturated rings. The average molecular weight is 278 g/mol. The molecule has 1 saturated heterocycles. The Hall–Kier alpha value is -1.59. The lowest BCUT2D eigenvalue weighted by atomic mass is 10.1. The fourth-order valence-electron chi connectivity index (χ4n) is 2.53. The zero-order valence-electron chi connectivity index (χ0n) is 12.2. The van der Waals surface area contributed by atoms with Gasteiger partial charge in [-0.05, 0) is 31.5 Å². The van der Waals surface area contributed by atoms with Gasteiger partial charge in [-0.2, -0.15) is 0 Å². The number of aliphatic hydroxyl groups is 1. The minimum Gasteiger partial charge on any atom is -0.394 e. The number of amides is 1. The number of rotatable bonds is 3. The molecule has 0 aromatic heterocycles. The summed E-state index contributed by atoms with van der Waals surface area (Å²) in [6, 6.07) is 5.74. The van der Waals surface area contributed by atoms with E-state index in [1.165, 1.54) is 0 Å². The van der Waals surface area contributed by atoms with Crippen LogP contribution in [-0.2, 0) is 4.74 Å². The van der Waals surface area contributed by atoms with Crippen LogP contribution in [0.15, 0.2) is 18.2 Å². The van der Waals surface area contributed by atoms with E-state index < -0.39 is 0 Å². The van der Waals surface area contributed by atoms with Crippen molar-refractivity contribution in [1.29, 1.82) is 0 Å². The minimum atomic E-state index is -0.300. The Balaban J connectivity index is 2.22. The SMILES string of the molecule is CNc1cc(C)ccc1C(=O)N1CC(C)OC(CO)C1. The molecule has 0 bridgehead atoms. The summed E-state index contributed by atoms with van der Waals surface area (Å²) in [5.41, 5.74) is 2.59. The van der Waals surface area contributed by atoms with Gasteiger partial charge < -0.3 is 20.1 Å². The molecule has 110 valence electrons. The molecule has 1 aliphatic rings. The summed E-state index contributed by atoms with van der Waals surface area (Å²) in [5.74, 6) is -0.0250. The van der Waals surface area contributed by atoms with Gasteiger partial charge in [0.05, 0.1) is 24.4 Å². The molecule has 2 N–H and O–H groups in total. The number of carbonyl (C=O) groups excluding carboxylic acids is 1. The third-order valence-corrected chi connectivity index (χ3v) is 3.49. The van der Waals surface area contributed by atoms with Gasteiger partial charge >= 0.3 is 0 Å². The quantitative estimate of drug-likeness (QED) is 0.874. The van der Waals surface area contributed by atoms with E-state index >= 15 is 0 Å². The van der Waals surface area contributed by atoms with Crippen LogP contribution in [0.1, 0.15) is 22.8 Å². The fraction of sp³-hybridized carbons (Fsp3) is 0.533. The van der Waals surface area contributed by atoms with E-state index in [4.69, 9.17) is 4.74 Å². The van der Waals surface area contributed by atoms with Crippen LogP contribution in [0.4, 0.5) is 5.69 Å². The molecule has 5 nitrogen and oxygen atoms in total. The van der Waals surface area contributed by atoms with E-state index in [1.54, 1.807) is 4.90 Å². The first-order chi connectivity index (χ1) is 9.55. The second-order valence-corrected chi connectivity index (χ2v) is 5.26. The van der Waals surface area contributed by atoms with Gasteiger partial charge in [-0.3, -0.25) is 4.79 Å². The van der Waals surface area contributed by atoms with Gasteiger partial charge in [-0.15, -0.1) is 0 Å². The van der Waals surface area contributed by atoms with Crippen molar-refractivity contribution in [3.05, 3.63) is 29.3 Å². The highest BCUT2D eigenvalue weighted by atomic mass is 16.5. The van der Waals surface area contributed by atoms with Crippen molar-refractivity contribution < 1.29 is 14.6 Å². The Kier molecular flexibility index (Phi) is 4.62. The van der Waals surface area contributed by atoms with E-state index in [0.717, 1.165) is 11.3 Å². The van der Waals surface area contributed by atoms with Crippen LogP contribution in [0.5, 0.6) is 0 Å². The van der Waals surface area contributed by atoms with Gasteiger partial charge in [0.25, 0.3) is 5.91 Å². The van der Waals surface area contributed by atoms with Crippen LogP contribution >= 0.6 is 0 Å². The molecule has 2 unspecified atom stereocenters. The van der Waals surface area contributed by atoms with E-state index in [-0.39, 0.29) is 24.7 Å². The first-order valence-corrected chi connectivity index (χ1v) is 6.89. The molecule has 0 saturated carbocycles.